The molecule has 1 nitrogen and oxygen atoms in total. The smallest absolute Gasteiger partial charge is 0.0992 e. The topological polar surface area (TPSA) is 12.0 Å². The van der Waals surface area contributed by atoms with Crippen molar-refractivity contribution in [2.75, 3.05) is 7.05 Å². The fourth-order valence-corrected chi connectivity index (χ4v) is 4.35. The maximum absolute atomic E-state index is 6.16. The molecule has 0 aliphatic heterocycles. The van der Waals surface area contributed by atoms with Gasteiger partial charge in [0.1, 0.15) is 0 Å². The number of hydrogen-bond acceptors (Lipinski definition) is 3. The Hall–Kier alpha value is 0.230. The van der Waals surface area contributed by atoms with Crippen LogP contribution in [0.5, 0.6) is 0 Å². The van der Waals surface area contributed by atoms with E-state index in [-0.39, 0.29) is 6.04 Å². The molecule has 0 amide bonds. The zero-order valence-corrected chi connectivity index (χ0v) is 12.9. The summed E-state index contributed by atoms with van der Waals surface area (Å²) in [5.74, 6) is 0. The summed E-state index contributed by atoms with van der Waals surface area (Å²) in [6, 6.07) is 3.97. The molecule has 0 saturated heterocycles. The van der Waals surface area contributed by atoms with E-state index in [0.29, 0.717) is 4.34 Å². The summed E-state index contributed by atoms with van der Waals surface area (Å²) < 4.78 is 1.45. The predicted octanol–water partition coefficient (Wildman–Crippen LogP) is 5.27. The zero-order chi connectivity index (χ0) is 12.4. The van der Waals surface area contributed by atoms with Crippen molar-refractivity contribution in [2.45, 2.75) is 12.5 Å². The molecule has 2 aromatic rings. The van der Waals surface area contributed by atoms with Crippen molar-refractivity contribution in [1.29, 1.82) is 0 Å². The maximum atomic E-state index is 6.16. The first-order valence-electron chi connectivity index (χ1n) is 4.95. The van der Waals surface area contributed by atoms with E-state index in [9.17, 15) is 0 Å². The van der Waals surface area contributed by atoms with Crippen molar-refractivity contribution in [3.63, 3.8) is 0 Å². The van der Waals surface area contributed by atoms with Gasteiger partial charge in [-0.3, -0.25) is 0 Å². The van der Waals surface area contributed by atoms with Gasteiger partial charge in [0.15, 0.2) is 0 Å². The minimum Gasteiger partial charge on any atom is -0.313 e. The van der Waals surface area contributed by atoms with E-state index in [2.05, 4.69) is 5.32 Å². The first-order valence-corrected chi connectivity index (χ1v) is 7.78. The van der Waals surface area contributed by atoms with E-state index < -0.39 is 0 Å². The van der Waals surface area contributed by atoms with Gasteiger partial charge in [-0.05, 0) is 24.6 Å². The minimum atomic E-state index is 0.141. The van der Waals surface area contributed by atoms with Gasteiger partial charge in [-0.15, -0.1) is 22.7 Å². The summed E-state index contributed by atoms with van der Waals surface area (Å²) in [6.45, 7) is 0. The van der Waals surface area contributed by atoms with Gasteiger partial charge >= 0.3 is 0 Å². The predicted molar refractivity (Wildman–Crippen MR) is 79.2 cm³/mol. The quantitative estimate of drug-likeness (QED) is 0.806. The molecule has 1 unspecified atom stereocenters. The highest BCUT2D eigenvalue weighted by molar-refractivity contribution is 7.20. The van der Waals surface area contributed by atoms with E-state index in [1.54, 1.807) is 11.3 Å². The molecule has 92 valence electrons. The monoisotopic (exact) mass is 325 g/mol. The summed E-state index contributed by atoms with van der Waals surface area (Å²) >= 11 is 21.3. The number of hydrogen-bond donors (Lipinski definition) is 1. The van der Waals surface area contributed by atoms with Crippen LogP contribution in [0.3, 0.4) is 0 Å². The molecule has 1 atom stereocenters. The average molecular weight is 327 g/mol. The maximum Gasteiger partial charge on any atom is 0.0992 e. The van der Waals surface area contributed by atoms with Gasteiger partial charge < -0.3 is 5.32 Å². The van der Waals surface area contributed by atoms with Crippen molar-refractivity contribution in [2.24, 2.45) is 0 Å². The van der Waals surface area contributed by atoms with E-state index >= 15 is 0 Å². The van der Waals surface area contributed by atoms with Crippen molar-refractivity contribution in [3.05, 3.63) is 41.6 Å². The highest BCUT2D eigenvalue weighted by Gasteiger charge is 2.18. The Labute approximate surface area is 123 Å². The molecule has 0 bridgehead atoms. The molecule has 17 heavy (non-hydrogen) atoms. The lowest BCUT2D eigenvalue weighted by atomic mass is 10.1. The number of nitrogens with one attached hydrogen (secondary N) is 1. The highest BCUT2D eigenvalue weighted by atomic mass is 35.5. The van der Waals surface area contributed by atoms with Gasteiger partial charge in [-0.25, -0.2) is 0 Å². The van der Waals surface area contributed by atoms with Crippen LogP contribution in [-0.2, 0) is 6.42 Å². The molecule has 0 spiro atoms. The molecule has 2 rings (SSSR count). The number of halogens is 3. The van der Waals surface area contributed by atoms with Crippen LogP contribution < -0.4 is 5.32 Å². The first kappa shape index (κ1) is 13.7. The first-order chi connectivity index (χ1) is 8.11. The average Bonchev–Trinajstić information content (AvgIpc) is 2.82. The van der Waals surface area contributed by atoms with Gasteiger partial charge in [0.2, 0.25) is 0 Å². The normalized spacial score (nSPS) is 12.9. The van der Waals surface area contributed by atoms with Gasteiger partial charge in [0, 0.05) is 22.9 Å². The molecule has 0 aliphatic carbocycles. The summed E-state index contributed by atoms with van der Waals surface area (Å²) in [7, 11) is 1.91. The van der Waals surface area contributed by atoms with Crippen LogP contribution in [0.2, 0.25) is 13.7 Å². The Morgan fingerprint density at radius 2 is 2.12 bits per heavy atom. The van der Waals surface area contributed by atoms with Crippen molar-refractivity contribution < 1.29 is 0 Å². The van der Waals surface area contributed by atoms with Gasteiger partial charge in [0.25, 0.3) is 0 Å². The Morgan fingerprint density at radius 1 is 1.35 bits per heavy atom. The Kier molecular flexibility index (Phi) is 4.75. The van der Waals surface area contributed by atoms with E-state index in [0.717, 1.165) is 26.2 Å². The summed E-state index contributed by atoms with van der Waals surface area (Å²) in [5, 5.41) is 6.05. The second-order valence-electron chi connectivity index (χ2n) is 3.52. The second-order valence-corrected chi connectivity index (χ2v) is 7.21. The SMILES string of the molecule is CNC(Cc1sccc1Cl)c1cc(Cl)sc1Cl. The Bertz CT molecular complexity index is 507. The largest absolute Gasteiger partial charge is 0.313 e. The third-order valence-electron chi connectivity index (χ3n) is 2.49. The molecule has 2 aromatic heterocycles. The van der Waals surface area contributed by atoms with Gasteiger partial charge in [-0.2, -0.15) is 0 Å². The van der Waals surface area contributed by atoms with Gasteiger partial charge in [0.05, 0.1) is 13.7 Å². The Balaban J connectivity index is 2.23. The molecule has 0 radical (unpaired) electrons. The second kappa shape index (κ2) is 5.91. The van der Waals surface area contributed by atoms with E-state index in [1.807, 2.05) is 24.6 Å². The van der Waals surface area contributed by atoms with Crippen LogP contribution in [0, 0.1) is 0 Å². The summed E-state index contributed by atoms with van der Waals surface area (Å²) in [5.41, 5.74) is 1.04. The zero-order valence-electron chi connectivity index (χ0n) is 8.97. The fraction of sp³-hybridized carbons (Fsp3) is 0.273. The lowest BCUT2D eigenvalue weighted by Crippen LogP contribution is -2.18. The number of thiophene rings is 2. The third kappa shape index (κ3) is 3.16. The van der Waals surface area contributed by atoms with Crippen LogP contribution in [0.4, 0.5) is 0 Å². The number of rotatable bonds is 4. The lowest BCUT2D eigenvalue weighted by molar-refractivity contribution is 0.599. The van der Waals surface area contributed by atoms with Gasteiger partial charge in [-0.1, -0.05) is 34.8 Å². The third-order valence-corrected chi connectivity index (χ3v) is 5.41. The molecule has 0 saturated carbocycles. The van der Waals surface area contributed by atoms with Crippen molar-refractivity contribution in [1.82, 2.24) is 5.32 Å². The van der Waals surface area contributed by atoms with E-state index in [1.165, 1.54) is 11.3 Å². The van der Waals surface area contributed by atoms with Crippen molar-refractivity contribution >= 4 is 57.5 Å². The van der Waals surface area contributed by atoms with E-state index in [4.69, 9.17) is 34.8 Å². The van der Waals surface area contributed by atoms with Crippen LogP contribution in [0.15, 0.2) is 17.5 Å². The molecule has 0 aromatic carbocycles. The molecule has 0 fully saturated rings. The lowest BCUT2D eigenvalue weighted by Gasteiger charge is -2.14. The van der Waals surface area contributed by atoms with Crippen LogP contribution >= 0.6 is 57.5 Å². The summed E-state index contributed by atoms with van der Waals surface area (Å²) in [4.78, 5) is 1.16. The number of likely N-dealkylation sites (N-methyl/N-ethyl adjacent to an activating group) is 1. The molecule has 2 heterocycles. The molecule has 6 heteroatoms. The van der Waals surface area contributed by atoms with Crippen LogP contribution in [-0.4, -0.2) is 7.05 Å². The molecule has 1 N–H and O–H groups in total. The van der Waals surface area contributed by atoms with Crippen LogP contribution in [0.25, 0.3) is 0 Å². The summed E-state index contributed by atoms with van der Waals surface area (Å²) in [6.07, 6.45) is 0.819. The minimum absolute atomic E-state index is 0.141. The molecular formula is C11H10Cl3NS2. The fourth-order valence-electron chi connectivity index (χ4n) is 1.61. The van der Waals surface area contributed by atoms with Crippen molar-refractivity contribution in [3.8, 4) is 0 Å². The molecular weight excluding hydrogens is 317 g/mol. The standard InChI is InChI=1S/C11H10Cl3NS2/c1-15-8(5-9-7(12)2-3-16-9)6-4-10(13)17-11(6)14/h2-4,8,15H,5H2,1H3. The molecule has 0 aliphatic rings. The Morgan fingerprint density at radius 3 is 2.59 bits per heavy atom. The highest BCUT2D eigenvalue weighted by Crippen LogP contribution is 2.37. The van der Waals surface area contributed by atoms with Crippen LogP contribution in [0.1, 0.15) is 16.5 Å².